The van der Waals surface area contributed by atoms with Crippen LogP contribution < -0.4 is 5.32 Å². The van der Waals surface area contributed by atoms with E-state index in [0.29, 0.717) is 10.0 Å². The van der Waals surface area contributed by atoms with Gasteiger partial charge in [-0.2, -0.15) is 0 Å². The molecule has 1 unspecified atom stereocenters. The minimum atomic E-state index is 0.0113. The van der Waals surface area contributed by atoms with Crippen molar-refractivity contribution < 1.29 is 0 Å². The molecule has 1 atom stereocenters. The predicted molar refractivity (Wildman–Crippen MR) is 85.9 cm³/mol. The average molecular weight is 335 g/mol. The maximum Gasteiger partial charge on any atom is 0.0700 e. The van der Waals surface area contributed by atoms with Crippen molar-refractivity contribution in [3.63, 3.8) is 0 Å². The van der Waals surface area contributed by atoms with E-state index in [9.17, 15) is 0 Å². The van der Waals surface area contributed by atoms with Crippen LogP contribution in [0.4, 0.5) is 0 Å². The smallest absolute Gasteiger partial charge is 0.0700 e. The molecule has 0 aliphatic heterocycles. The number of halogens is 3. The molecule has 0 fully saturated rings. The minimum absolute atomic E-state index is 0.0113. The Morgan fingerprint density at radius 3 is 2.53 bits per heavy atom. The number of rotatable bonds is 5. The highest BCUT2D eigenvalue weighted by molar-refractivity contribution is 7.10. The van der Waals surface area contributed by atoms with E-state index in [-0.39, 0.29) is 6.04 Å². The van der Waals surface area contributed by atoms with Crippen molar-refractivity contribution in [3.05, 3.63) is 55.2 Å². The lowest BCUT2D eigenvalue weighted by molar-refractivity contribution is 0.606. The molecule has 19 heavy (non-hydrogen) atoms. The third-order valence-electron chi connectivity index (χ3n) is 2.78. The van der Waals surface area contributed by atoms with Gasteiger partial charge in [-0.15, -0.1) is 11.3 Å². The van der Waals surface area contributed by atoms with Gasteiger partial charge in [-0.25, -0.2) is 0 Å². The molecule has 1 heterocycles. The molecule has 1 aromatic carbocycles. The van der Waals surface area contributed by atoms with Crippen LogP contribution in [0.25, 0.3) is 0 Å². The molecule has 2 aromatic rings. The normalized spacial score (nSPS) is 12.6. The molecular formula is C14H14Cl3NS. The number of thiophene rings is 1. The molecule has 5 heteroatoms. The number of nitrogens with one attached hydrogen (secondary N) is 1. The topological polar surface area (TPSA) is 12.0 Å². The second-order valence-electron chi connectivity index (χ2n) is 4.19. The lowest BCUT2D eigenvalue weighted by Crippen LogP contribution is -2.23. The molecule has 0 amide bonds. The summed E-state index contributed by atoms with van der Waals surface area (Å²) < 4.78 is 0. The Morgan fingerprint density at radius 2 is 1.95 bits per heavy atom. The van der Waals surface area contributed by atoms with E-state index in [2.05, 4.69) is 12.2 Å². The molecule has 102 valence electrons. The highest BCUT2D eigenvalue weighted by Gasteiger charge is 2.20. The number of hydrogen-bond donors (Lipinski definition) is 1. The summed E-state index contributed by atoms with van der Waals surface area (Å²) in [6, 6.07) is 7.49. The Balaban J connectivity index is 2.40. The van der Waals surface area contributed by atoms with E-state index >= 15 is 0 Å². The van der Waals surface area contributed by atoms with Gasteiger partial charge in [0.25, 0.3) is 0 Å². The molecule has 0 saturated carbocycles. The predicted octanol–water partition coefficient (Wildman–Crippen LogP) is 5.80. The first kappa shape index (κ1) is 15.1. The van der Waals surface area contributed by atoms with Crippen LogP contribution in [-0.4, -0.2) is 6.54 Å². The zero-order valence-electron chi connectivity index (χ0n) is 10.4. The van der Waals surface area contributed by atoms with Gasteiger partial charge in [-0.05, 0) is 42.1 Å². The summed E-state index contributed by atoms with van der Waals surface area (Å²) in [6.45, 7) is 3.03. The van der Waals surface area contributed by atoms with Gasteiger partial charge in [0.15, 0.2) is 0 Å². The largest absolute Gasteiger partial charge is 0.306 e. The van der Waals surface area contributed by atoms with E-state index in [0.717, 1.165) is 28.4 Å². The van der Waals surface area contributed by atoms with E-state index in [4.69, 9.17) is 34.8 Å². The Morgan fingerprint density at radius 1 is 1.16 bits per heavy atom. The molecule has 1 N–H and O–H groups in total. The van der Waals surface area contributed by atoms with E-state index in [1.807, 2.05) is 23.6 Å². The van der Waals surface area contributed by atoms with Crippen molar-refractivity contribution in [3.8, 4) is 0 Å². The van der Waals surface area contributed by atoms with Gasteiger partial charge in [0, 0.05) is 14.9 Å². The van der Waals surface area contributed by atoms with Crippen LogP contribution in [0.15, 0.2) is 29.6 Å². The molecule has 2 rings (SSSR count). The van der Waals surface area contributed by atoms with Crippen molar-refractivity contribution in [1.29, 1.82) is 0 Å². The summed E-state index contributed by atoms with van der Waals surface area (Å²) in [5.41, 5.74) is 1.00. The van der Waals surface area contributed by atoms with Crippen LogP contribution in [0.5, 0.6) is 0 Å². The van der Waals surface area contributed by atoms with Gasteiger partial charge >= 0.3 is 0 Å². The Bertz CT molecular complexity index is 553. The van der Waals surface area contributed by atoms with E-state index in [1.54, 1.807) is 17.4 Å². The molecule has 1 aromatic heterocycles. The SMILES string of the molecule is CCCNC(c1ccc(Cl)cc1Cl)c1sccc1Cl. The second-order valence-corrected chi connectivity index (χ2v) is 6.38. The Hall–Kier alpha value is -0.250. The maximum atomic E-state index is 6.31. The van der Waals surface area contributed by atoms with Gasteiger partial charge < -0.3 is 5.32 Å². The molecule has 0 bridgehead atoms. The van der Waals surface area contributed by atoms with Crippen LogP contribution >= 0.6 is 46.1 Å². The molecule has 0 radical (unpaired) electrons. The van der Waals surface area contributed by atoms with Crippen molar-refractivity contribution in [2.75, 3.05) is 6.54 Å². The van der Waals surface area contributed by atoms with Gasteiger partial charge in [0.1, 0.15) is 0 Å². The number of hydrogen-bond acceptors (Lipinski definition) is 2. The van der Waals surface area contributed by atoms with Crippen molar-refractivity contribution in [1.82, 2.24) is 5.32 Å². The Labute approximate surface area is 132 Å². The molecule has 0 saturated heterocycles. The lowest BCUT2D eigenvalue weighted by Gasteiger charge is -2.19. The fourth-order valence-corrected chi connectivity index (χ4v) is 3.66. The monoisotopic (exact) mass is 333 g/mol. The first-order valence-corrected chi connectivity index (χ1v) is 8.06. The van der Waals surface area contributed by atoms with Gasteiger partial charge in [0.2, 0.25) is 0 Å². The first-order valence-electron chi connectivity index (χ1n) is 6.04. The molecular weight excluding hydrogens is 321 g/mol. The fraction of sp³-hybridized carbons (Fsp3) is 0.286. The standard InChI is InChI=1S/C14H14Cl3NS/c1-2-6-18-13(14-11(16)5-7-19-14)10-4-3-9(15)8-12(10)17/h3-5,7-8,13,18H,2,6H2,1H3. The zero-order chi connectivity index (χ0) is 13.8. The molecule has 0 aliphatic carbocycles. The van der Waals surface area contributed by atoms with Gasteiger partial charge in [-0.3, -0.25) is 0 Å². The molecule has 1 nitrogen and oxygen atoms in total. The Kier molecular flexibility index (Phi) is 5.55. The summed E-state index contributed by atoms with van der Waals surface area (Å²) in [6.07, 6.45) is 1.05. The third kappa shape index (κ3) is 3.65. The summed E-state index contributed by atoms with van der Waals surface area (Å²) in [5.74, 6) is 0. The quantitative estimate of drug-likeness (QED) is 0.729. The van der Waals surface area contributed by atoms with Crippen LogP contribution in [0.1, 0.15) is 29.8 Å². The summed E-state index contributed by atoms with van der Waals surface area (Å²) >= 11 is 20.1. The summed E-state index contributed by atoms with van der Waals surface area (Å²) in [5, 5.41) is 7.54. The molecule has 0 aliphatic rings. The second kappa shape index (κ2) is 6.96. The highest BCUT2D eigenvalue weighted by atomic mass is 35.5. The van der Waals surface area contributed by atoms with Gasteiger partial charge in [0.05, 0.1) is 11.1 Å². The van der Waals surface area contributed by atoms with Crippen LogP contribution in [0.3, 0.4) is 0 Å². The maximum absolute atomic E-state index is 6.31. The van der Waals surface area contributed by atoms with Crippen molar-refractivity contribution >= 4 is 46.1 Å². The highest BCUT2D eigenvalue weighted by Crippen LogP contribution is 2.36. The van der Waals surface area contributed by atoms with Crippen molar-refractivity contribution in [2.45, 2.75) is 19.4 Å². The first-order chi connectivity index (χ1) is 9.13. The average Bonchev–Trinajstić information content (AvgIpc) is 2.78. The number of benzene rings is 1. The summed E-state index contributed by atoms with van der Waals surface area (Å²) in [7, 11) is 0. The molecule has 0 spiro atoms. The van der Waals surface area contributed by atoms with Gasteiger partial charge in [-0.1, -0.05) is 47.8 Å². The third-order valence-corrected chi connectivity index (χ3v) is 4.76. The van der Waals surface area contributed by atoms with E-state index in [1.165, 1.54) is 0 Å². The zero-order valence-corrected chi connectivity index (χ0v) is 13.5. The van der Waals surface area contributed by atoms with Crippen LogP contribution in [0.2, 0.25) is 15.1 Å². The van der Waals surface area contributed by atoms with Crippen LogP contribution in [0, 0.1) is 0 Å². The minimum Gasteiger partial charge on any atom is -0.306 e. The van der Waals surface area contributed by atoms with Crippen molar-refractivity contribution in [2.24, 2.45) is 0 Å². The lowest BCUT2D eigenvalue weighted by atomic mass is 10.0. The van der Waals surface area contributed by atoms with Crippen LogP contribution in [-0.2, 0) is 0 Å². The van der Waals surface area contributed by atoms with E-state index < -0.39 is 0 Å². The summed E-state index contributed by atoms with van der Waals surface area (Å²) in [4.78, 5) is 1.08. The fourth-order valence-electron chi connectivity index (χ4n) is 1.88.